The van der Waals surface area contributed by atoms with Crippen LogP contribution in [-0.4, -0.2) is 47.3 Å². The number of benzene rings is 1. The molecule has 2 heterocycles. The van der Waals surface area contributed by atoms with Crippen LogP contribution in [0.4, 0.5) is 16.2 Å². The molecule has 1 aromatic carbocycles. The minimum atomic E-state index is -0.101. The van der Waals surface area contributed by atoms with Gasteiger partial charge in [0.25, 0.3) is 5.24 Å². The molecule has 0 unspecified atom stereocenters. The third kappa shape index (κ3) is 3.50. The van der Waals surface area contributed by atoms with Crippen LogP contribution >= 0.6 is 11.8 Å². The Hall–Kier alpha value is -2.02. The molecule has 1 aromatic rings. The summed E-state index contributed by atoms with van der Waals surface area (Å²) in [6, 6.07) is 5.61. The molecule has 0 radical (unpaired) electrons. The van der Waals surface area contributed by atoms with Crippen molar-refractivity contribution in [3.63, 3.8) is 0 Å². The van der Waals surface area contributed by atoms with Gasteiger partial charge in [0.1, 0.15) is 0 Å². The van der Waals surface area contributed by atoms with Crippen molar-refractivity contribution in [1.29, 1.82) is 0 Å². The van der Waals surface area contributed by atoms with Crippen molar-refractivity contribution in [3.8, 4) is 0 Å². The Bertz CT molecular complexity index is 662. The number of carbonyl (C=O) groups excluding carboxylic acids is 3. The van der Waals surface area contributed by atoms with E-state index < -0.39 is 0 Å². The van der Waals surface area contributed by atoms with Crippen LogP contribution in [0, 0.1) is 0 Å². The third-order valence-corrected chi connectivity index (χ3v) is 4.98. The largest absolute Gasteiger partial charge is 0.332 e. The number of hydrogen-bond acceptors (Lipinski definition) is 4. The molecule has 0 spiro atoms. The number of fused-ring (bicyclic) bond motifs is 1. The van der Waals surface area contributed by atoms with E-state index in [1.807, 2.05) is 18.2 Å². The van der Waals surface area contributed by atoms with Crippen molar-refractivity contribution < 1.29 is 14.4 Å². The van der Waals surface area contributed by atoms with Gasteiger partial charge < -0.3 is 15.1 Å². The predicted octanol–water partition coefficient (Wildman–Crippen LogP) is 2.09. The number of amides is 3. The van der Waals surface area contributed by atoms with E-state index in [1.165, 1.54) is 11.8 Å². The topological polar surface area (TPSA) is 69.7 Å². The van der Waals surface area contributed by atoms with Crippen LogP contribution in [0.1, 0.15) is 18.9 Å². The first kappa shape index (κ1) is 15.9. The fraction of sp³-hybridized carbons (Fsp3) is 0.438. The molecule has 1 saturated heterocycles. The van der Waals surface area contributed by atoms with E-state index in [0.29, 0.717) is 19.5 Å². The van der Waals surface area contributed by atoms with Gasteiger partial charge in [0.05, 0.1) is 0 Å². The summed E-state index contributed by atoms with van der Waals surface area (Å²) in [6.45, 7) is 3.43. The maximum Gasteiger partial charge on any atom is 0.281 e. The molecule has 2 aliphatic heterocycles. The van der Waals surface area contributed by atoms with Gasteiger partial charge in [-0.25, -0.2) is 0 Å². The zero-order valence-corrected chi connectivity index (χ0v) is 13.8. The molecule has 0 aromatic heterocycles. The van der Waals surface area contributed by atoms with Crippen LogP contribution in [0.25, 0.3) is 0 Å². The minimum absolute atomic E-state index is 0.0358. The van der Waals surface area contributed by atoms with Gasteiger partial charge in [-0.15, -0.1) is 0 Å². The van der Waals surface area contributed by atoms with Gasteiger partial charge in [0, 0.05) is 50.1 Å². The van der Waals surface area contributed by atoms with E-state index in [-0.39, 0.29) is 17.1 Å². The lowest BCUT2D eigenvalue weighted by atomic mass is 10.1. The highest BCUT2D eigenvalue weighted by atomic mass is 32.2. The normalized spacial score (nSPS) is 16.7. The molecule has 3 amide bonds. The van der Waals surface area contributed by atoms with Crippen molar-refractivity contribution in [2.75, 3.05) is 35.6 Å². The molecule has 0 saturated carbocycles. The molecule has 2 aliphatic rings. The lowest BCUT2D eigenvalue weighted by Gasteiger charge is -2.16. The molecular formula is C16H19N3O3S. The van der Waals surface area contributed by atoms with Gasteiger partial charge in [-0.2, -0.15) is 0 Å². The Balaban J connectivity index is 1.57. The van der Waals surface area contributed by atoms with Crippen molar-refractivity contribution in [2.45, 2.75) is 19.8 Å². The molecule has 0 bridgehead atoms. The molecule has 1 N–H and O–H groups in total. The summed E-state index contributed by atoms with van der Waals surface area (Å²) in [5.74, 6) is 0.738. The molecule has 6 nitrogen and oxygen atoms in total. The molecule has 122 valence electrons. The summed E-state index contributed by atoms with van der Waals surface area (Å²) >= 11 is 1.30. The molecular weight excluding hydrogens is 314 g/mol. The summed E-state index contributed by atoms with van der Waals surface area (Å²) in [4.78, 5) is 38.5. The van der Waals surface area contributed by atoms with Crippen molar-refractivity contribution >= 4 is 40.2 Å². The molecule has 3 rings (SSSR count). The van der Waals surface area contributed by atoms with E-state index in [1.54, 1.807) is 16.7 Å². The predicted molar refractivity (Wildman–Crippen MR) is 90.8 cm³/mol. The van der Waals surface area contributed by atoms with Gasteiger partial charge >= 0.3 is 0 Å². The fourth-order valence-electron chi connectivity index (χ4n) is 2.90. The standard InChI is InChI=1S/C16H19N3O3S/c1-11(20)19-7-4-12-10-13(2-3-14(12)19)17-15(21)5-6-18-8-9-23-16(18)22/h2-3,10H,4-9H2,1H3,(H,17,21). The second-order valence-electron chi connectivity index (χ2n) is 5.66. The van der Waals surface area contributed by atoms with Crippen LogP contribution in [-0.2, 0) is 16.0 Å². The smallest absolute Gasteiger partial charge is 0.281 e. The summed E-state index contributed by atoms with van der Waals surface area (Å²) in [5.41, 5.74) is 2.74. The summed E-state index contributed by atoms with van der Waals surface area (Å²) in [6.07, 6.45) is 1.10. The Kier molecular flexibility index (Phi) is 4.56. The maximum atomic E-state index is 12.0. The number of nitrogens with one attached hydrogen (secondary N) is 1. The number of carbonyl (C=O) groups is 3. The van der Waals surface area contributed by atoms with E-state index in [4.69, 9.17) is 0 Å². The maximum absolute atomic E-state index is 12.0. The number of hydrogen-bond donors (Lipinski definition) is 1. The zero-order chi connectivity index (χ0) is 16.4. The molecule has 1 fully saturated rings. The van der Waals surface area contributed by atoms with E-state index in [0.717, 1.165) is 35.7 Å². The van der Waals surface area contributed by atoms with Crippen molar-refractivity contribution in [2.24, 2.45) is 0 Å². The van der Waals surface area contributed by atoms with Gasteiger partial charge in [0.2, 0.25) is 11.8 Å². The Morgan fingerprint density at radius 1 is 1.30 bits per heavy atom. The summed E-state index contributed by atoms with van der Waals surface area (Å²) in [7, 11) is 0. The third-order valence-electron chi connectivity index (χ3n) is 4.09. The molecule has 0 aliphatic carbocycles. The first-order chi connectivity index (χ1) is 11.0. The van der Waals surface area contributed by atoms with Crippen LogP contribution < -0.4 is 10.2 Å². The quantitative estimate of drug-likeness (QED) is 0.916. The van der Waals surface area contributed by atoms with Crippen LogP contribution in [0.2, 0.25) is 0 Å². The van der Waals surface area contributed by atoms with Gasteiger partial charge in [-0.1, -0.05) is 11.8 Å². The van der Waals surface area contributed by atoms with Crippen LogP contribution in [0.5, 0.6) is 0 Å². The van der Waals surface area contributed by atoms with E-state index >= 15 is 0 Å². The van der Waals surface area contributed by atoms with Crippen molar-refractivity contribution in [1.82, 2.24) is 4.90 Å². The highest BCUT2D eigenvalue weighted by molar-refractivity contribution is 8.13. The molecule has 0 atom stereocenters. The number of nitrogens with zero attached hydrogens (tertiary/aromatic N) is 2. The minimum Gasteiger partial charge on any atom is -0.332 e. The first-order valence-electron chi connectivity index (χ1n) is 7.67. The highest BCUT2D eigenvalue weighted by Gasteiger charge is 2.23. The molecule has 7 heteroatoms. The van der Waals surface area contributed by atoms with Gasteiger partial charge in [-0.05, 0) is 30.2 Å². The van der Waals surface area contributed by atoms with Crippen LogP contribution in [0.3, 0.4) is 0 Å². The fourth-order valence-corrected chi connectivity index (χ4v) is 3.75. The van der Waals surface area contributed by atoms with E-state index in [2.05, 4.69) is 5.32 Å². The zero-order valence-electron chi connectivity index (χ0n) is 13.0. The Morgan fingerprint density at radius 2 is 2.13 bits per heavy atom. The van der Waals surface area contributed by atoms with Gasteiger partial charge in [-0.3, -0.25) is 14.4 Å². The summed E-state index contributed by atoms with van der Waals surface area (Å²) < 4.78 is 0. The van der Waals surface area contributed by atoms with Crippen molar-refractivity contribution in [3.05, 3.63) is 23.8 Å². The highest BCUT2D eigenvalue weighted by Crippen LogP contribution is 2.30. The SMILES string of the molecule is CC(=O)N1CCc2cc(NC(=O)CCN3CCSC3=O)ccc21. The van der Waals surface area contributed by atoms with Crippen LogP contribution in [0.15, 0.2) is 18.2 Å². The molecule has 23 heavy (non-hydrogen) atoms. The number of rotatable bonds is 4. The lowest BCUT2D eigenvalue weighted by Crippen LogP contribution is -2.27. The Morgan fingerprint density at radius 3 is 2.83 bits per heavy atom. The summed E-state index contributed by atoms with van der Waals surface area (Å²) in [5, 5.41) is 2.92. The first-order valence-corrected chi connectivity index (χ1v) is 8.66. The lowest BCUT2D eigenvalue weighted by molar-refractivity contribution is -0.117. The second kappa shape index (κ2) is 6.62. The second-order valence-corrected chi connectivity index (χ2v) is 6.71. The average molecular weight is 333 g/mol. The van der Waals surface area contributed by atoms with Gasteiger partial charge in [0.15, 0.2) is 0 Å². The monoisotopic (exact) mass is 333 g/mol. The average Bonchev–Trinajstić information content (AvgIpc) is 3.10. The Labute approximate surface area is 139 Å². The van der Waals surface area contributed by atoms with E-state index in [9.17, 15) is 14.4 Å². The number of anilines is 2. The number of thioether (sulfide) groups is 1.